The number of hydrogen-bond donors (Lipinski definition) is 2. The minimum atomic E-state index is -4.17. The normalized spacial score (nSPS) is 13.1. The molecule has 0 fully saturated rings. The van der Waals surface area contributed by atoms with E-state index in [0.29, 0.717) is 11.3 Å². The molecule has 1 atom stereocenters. The Hall–Kier alpha value is -1.54. The summed E-state index contributed by atoms with van der Waals surface area (Å²) in [6, 6.07) is 12.5. The van der Waals surface area contributed by atoms with Crippen LogP contribution in [0.3, 0.4) is 0 Å². The zero-order chi connectivity index (χ0) is 14.8. The molecule has 0 amide bonds. The van der Waals surface area contributed by atoms with Gasteiger partial charge >= 0.3 is 0 Å². The Morgan fingerprint density at radius 1 is 0.900 bits per heavy atom. The average molecular weight is 312 g/mol. The Labute approximate surface area is 119 Å². The SMILES string of the molecule is O=S(O)c1ccc(Cc2ccc(S(=O)(=O)O)cc2)cc1. The second-order valence-electron chi connectivity index (χ2n) is 4.19. The molecular formula is C13H12O5S2. The van der Waals surface area contributed by atoms with Crippen molar-refractivity contribution in [1.29, 1.82) is 0 Å². The highest BCUT2D eigenvalue weighted by Crippen LogP contribution is 2.15. The molecule has 5 nitrogen and oxygen atoms in total. The predicted octanol–water partition coefficient (Wildman–Crippen LogP) is 2.10. The van der Waals surface area contributed by atoms with Crippen LogP contribution >= 0.6 is 0 Å². The third kappa shape index (κ3) is 3.73. The van der Waals surface area contributed by atoms with Gasteiger partial charge in [0.15, 0.2) is 11.1 Å². The van der Waals surface area contributed by atoms with Crippen LogP contribution in [0.5, 0.6) is 0 Å². The molecule has 2 aromatic carbocycles. The molecule has 0 saturated heterocycles. The molecule has 0 aliphatic rings. The monoisotopic (exact) mass is 312 g/mol. The third-order valence-corrected chi connectivity index (χ3v) is 4.30. The summed E-state index contributed by atoms with van der Waals surface area (Å²) in [6.45, 7) is 0. The molecule has 0 aromatic heterocycles. The fraction of sp³-hybridized carbons (Fsp3) is 0.0769. The minimum absolute atomic E-state index is 0.146. The first-order valence-corrected chi connectivity index (χ1v) is 8.17. The van der Waals surface area contributed by atoms with Gasteiger partial charge in [0.05, 0.1) is 9.79 Å². The van der Waals surface area contributed by atoms with E-state index in [9.17, 15) is 12.6 Å². The molecule has 0 spiro atoms. The first-order chi connectivity index (χ1) is 9.36. The van der Waals surface area contributed by atoms with Gasteiger partial charge in [-0.05, 0) is 41.8 Å². The summed E-state index contributed by atoms with van der Waals surface area (Å²) in [5.41, 5.74) is 1.80. The zero-order valence-corrected chi connectivity index (χ0v) is 11.9. The maximum atomic E-state index is 10.9. The molecule has 1 unspecified atom stereocenters. The van der Waals surface area contributed by atoms with Crippen LogP contribution in [0.25, 0.3) is 0 Å². The highest BCUT2D eigenvalue weighted by molar-refractivity contribution is 7.85. The van der Waals surface area contributed by atoms with E-state index in [0.717, 1.165) is 11.1 Å². The molecule has 0 radical (unpaired) electrons. The van der Waals surface area contributed by atoms with Crippen molar-refractivity contribution in [2.45, 2.75) is 16.2 Å². The molecule has 2 rings (SSSR count). The van der Waals surface area contributed by atoms with Crippen molar-refractivity contribution in [1.82, 2.24) is 0 Å². The average Bonchev–Trinajstić information content (AvgIpc) is 2.39. The fourth-order valence-electron chi connectivity index (χ4n) is 1.74. The summed E-state index contributed by atoms with van der Waals surface area (Å²) in [7, 11) is -4.17. The van der Waals surface area contributed by atoms with E-state index in [1.165, 1.54) is 12.1 Å². The molecule has 7 heteroatoms. The van der Waals surface area contributed by atoms with Gasteiger partial charge in [0.2, 0.25) is 0 Å². The molecule has 0 aliphatic heterocycles. The quantitative estimate of drug-likeness (QED) is 0.666. The van der Waals surface area contributed by atoms with Crippen LogP contribution in [0.15, 0.2) is 58.3 Å². The van der Waals surface area contributed by atoms with Crippen molar-refractivity contribution in [2.24, 2.45) is 0 Å². The van der Waals surface area contributed by atoms with Crippen molar-refractivity contribution in [2.75, 3.05) is 0 Å². The summed E-state index contributed by atoms with van der Waals surface area (Å²) in [5, 5.41) is 0. The van der Waals surface area contributed by atoms with E-state index in [1.54, 1.807) is 36.4 Å². The molecule has 0 bridgehead atoms. The van der Waals surface area contributed by atoms with Crippen LogP contribution < -0.4 is 0 Å². The lowest BCUT2D eigenvalue weighted by Gasteiger charge is -2.04. The van der Waals surface area contributed by atoms with Crippen molar-refractivity contribution in [3.63, 3.8) is 0 Å². The highest BCUT2D eigenvalue weighted by Gasteiger charge is 2.08. The maximum Gasteiger partial charge on any atom is 0.294 e. The Bertz CT molecular complexity index is 718. The summed E-state index contributed by atoms with van der Waals surface area (Å²) in [6.07, 6.45) is 0.560. The largest absolute Gasteiger partial charge is 0.302 e. The zero-order valence-electron chi connectivity index (χ0n) is 10.3. The van der Waals surface area contributed by atoms with Crippen LogP contribution in [0, 0.1) is 0 Å². The lowest BCUT2D eigenvalue weighted by molar-refractivity contribution is 0.483. The number of benzene rings is 2. The standard InChI is InChI=1S/C13H12O5S2/c14-19(15)12-5-1-10(2-6-12)9-11-3-7-13(8-4-11)20(16,17)18/h1-8H,9H2,(H,14,15)(H,16,17,18). The molecule has 0 aliphatic carbocycles. The number of hydrogen-bond acceptors (Lipinski definition) is 3. The van der Waals surface area contributed by atoms with Crippen LogP contribution in [0.2, 0.25) is 0 Å². The van der Waals surface area contributed by atoms with Gasteiger partial charge in [0.1, 0.15) is 0 Å². The lowest BCUT2D eigenvalue weighted by Crippen LogP contribution is -1.98. The molecule has 0 saturated carbocycles. The van der Waals surface area contributed by atoms with Crippen molar-refractivity contribution < 1.29 is 21.7 Å². The van der Waals surface area contributed by atoms with Gasteiger partial charge in [-0.2, -0.15) is 8.42 Å². The van der Waals surface area contributed by atoms with Crippen LogP contribution in [-0.2, 0) is 27.6 Å². The first kappa shape index (κ1) is 14.9. The van der Waals surface area contributed by atoms with E-state index in [-0.39, 0.29) is 4.90 Å². The summed E-state index contributed by atoms with van der Waals surface area (Å²) in [4.78, 5) is 0.183. The van der Waals surface area contributed by atoms with Gasteiger partial charge in [-0.25, -0.2) is 4.21 Å². The fourth-order valence-corrected chi connectivity index (χ4v) is 2.59. The van der Waals surface area contributed by atoms with Gasteiger partial charge in [0, 0.05) is 0 Å². The second-order valence-corrected chi connectivity index (χ2v) is 6.58. The summed E-state index contributed by atoms with van der Waals surface area (Å²) < 4.78 is 50.4. The molecule has 2 N–H and O–H groups in total. The first-order valence-electron chi connectivity index (χ1n) is 5.62. The number of rotatable bonds is 4. The van der Waals surface area contributed by atoms with Gasteiger partial charge in [-0.15, -0.1) is 0 Å². The van der Waals surface area contributed by atoms with Gasteiger partial charge in [0.25, 0.3) is 10.1 Å². The maximum absolute atomic E-state index is 10.9. The van der Waals surface area contributed by atoms with E-state index in [2.05, 4.69) is 0 Å². The highest BCUT2D eigenvalue weighted by atomic mass is 32.2. The minimum Gasteiger partial charge on any atom is -0.302 e. The van der Waals surface area contributed by atoms with Gasteiger partial charge < -0.3 is 4.55 Å². The van der Waals surface area contributed by atoms with Crippen molar-refractivity contribution in [3.8, 4) is 0 Å². The van der Waals surface area contributed by atoms with Gasteiger partial charge in [-0.1, -0.05) is 24.3 Å². The van der Waals surface area contributed by atoms with Crippen molar-refractivity contribution >= 4 is 21.2 Å². The Morgan fingerprint density at radius 2 is 1.35 bits per heavy atom. The Kier molecular flexibility index (Phi) is 4.34. The lowest BCUT2D eigenvalue weighted by atomic mass is 10.1. The van der Waals surface area contributed by atoms with E-state index >= 15 is 0 Å². The molecular weight excluding hydrogens is 300 g/mol. The summed E-state index contributed by atoms with van der Waals surface area (Å²) in [5.74, 6) is 0. The van der Waals surface area contributed by atoms with E-state index in [1.807, 2.05) is 0 Å². The summed E-state index contributed by atoms with van der Waals surface area (Å²) >= 11 is -1.99. The topological polar surface area (TPSA) is 91.7 Å². The van der Waals surface area contributed by atoms with E-state index < -0.39 is 21.2 Å². The predicted molar refractivity (Wildman–Crippen MR) is 74.5 cm³/mol. The van der Waals surface area contributed by atoms with Crippen molar-refractivity contribution in [3.05, 3.63) is 59.7 Å². The third-order valence-electron chi connectivity index (χ3n) is 2.75. The Morgan fingerprint density at radius 3 is 1.75 bits per heavy atom. The smallest absolute Gasteiger partial charge is 0.294 e. The molecule has 0 heterocycles. The van der Waals surface area contributed by atoms with E-state index in [4.69, 9.17) is 9.11 Å². The van der Waals surface area contributed by atoms with Crippen LogP contribution in [0.1, 0.15) is 11.1 Å². The molecule has 2 aromatic rings. The second kappa shape index (κ2) is 5.84. The van der Waals surface area contributed by atoms with Crippen LogP contribution in [-0.4, -0.2) is 21.7 Å². The molecule has 20 heavy (non-hydrogen) atoms. The van der Waals surface area contributed by atoms with Crippen LogP contribution in [0.4, 0.5) is 0 Å². The Balaban J connectivity index is 2.16. The molecule has 106 valence electrons. The van der Waals surface area contributed by atoms with Gasteiger partial charge in [-0.3, -0.25) is 4.55 Å².